The van der Waals surface area contributed by atoms with Crippen LogP contribution in [0.3, 0.4) is 0 Å². The highest BCUT2D eigenvalue weighted by atomic mass is 16.1. The van der Waals surface area contributed by atoms with Crippen LogP contribution in [0.5, 0.6) is 0 Å². The van der Waals surface area contributed by atoms with Gasteiger partial charge in [-0.1, -0.05) is 48.0 Å². The number of para-hydroxylation sites is 1. The Morgan fingerprint density at radius 3 is 2.87 bits per heavy atom. The summed E-state index contributed by atoms with van der Waals surface area (Å²) >= 11 is 0. The van der Waals surface area contributed by atoms with E-state index in [4.69, 9.17) is 0 Å². The SMILES string of the molecule is Cc1cccc(CC(=O)NCCN2c3ccccc3CC2C)c1. The van der Waals surface area contributed by atoms with Crippen molar-refractivity contribution in [3.63, 3.8) is 0 Å². The number of hydrogen-bond acceptors (Lipinski definition) is 2. The largest absolute Gasteiger partial charge is 0.367 e. The molecule has 0 radical (unpaired) electrons. The van der Waals surface area contributed by atoms with Crippen LogP contribution >= 0.6 is 0 Å². The van der Waals surface area contributed by atoms with Crippen molar-refractivity contribution in [1.82, 2.24) is 5.32 Å². The number of anilines is 1. The maximum atomic E-state index is 12.1. The number of aryl methyl sites for hydroxylation is 1. The van der Waals surface area contributed by atoms with Crippen LogP contribution in [0, 0.1) is 6.92 Å². The van der Waals surface area contributed by atoms with Crippen LogP contribution in [-0.4, -0.2) is 25.0 Å². The summed E-state index contributed by atoms with van der Waals surface area (Å²) in [6, 6.07) is 17.2. The molecular weight excluding hydrogens is 284 g/mol. The van der Waals surface area contributed by atoms with Crippen molar-refractivity contribution >= 4 is 11.6 Å². The molecule has 23 heavy (non-hydrogen) atoms. The number of fused-ring (bicyclic) bond motifs is 1. The molecule has 0 fully saturated rings. The van der Waals surface area contributed by atoms with Gasteiger partial charge in [0.1, 0.15) is 0 Å². The second-order valence-electron chi connectivity index (χ2n) is 6.39. The molecule has 3 nitrogen and oxygen atoms in total. The Labute approximate surface area is 138 Å². The zero-order valence-electron chi connectivity index (χ0n) is 13.9. The molecule has 2 aromatic carbocycles. The molecule has 1 heterocycles. The molecule has 0 bridgehead atoms. The number of hydrogen-bond donors (Lipinski definition) is 1. The summed E-state index contributed by atoms with van der Waals surface area (Å²) in [4.78, 5) is 14.5. The Morgan fingerprint density at radius 1 is 1.22 bits per heavy atom. The van der Waals surface area contributed by atoms with Gasteiger partial charge in [0, 0.05) is 24.8 Å². The molecule has 1 atom stereocenters. The summed E-state index contributed by atoms with van der Waals surface area (Å²) in [5.74, 6) is 0.0933. The summed E-state index contributed by atoms with van der Waals surface area (Å²) in [6.07, 6.45) is 1.54. The van der Waals surface area contributed by atoms with Gasteiger partial charge in [-0.3, -0.25) is 4.79 Å². The summed E-state index contributed by atoms with van der Waals surface area (Å²) < 4.78 is 0. The van der Waals surface area contributed by atoms with Crippen molar-refractivity contribution in [2.75, 3.05) is 18.0 Å². The minimum absolute atomic E-state index is 0.0933. The van der Waals surface area contributed by atoms with E-state index in [0.717, 1.165) is 18.5 Å². The third-order valence-electron chi connectivity index (χ3n) is 4.47. The maximum Gasteiger partial charge on any atom is 0.224 e. The number of carbonyl (C=O) groups excluding carboxylic acids is 1. The molecule has 3 rings (SSSR count). The monoisotopic (exact) mass is 308 g/mol. The third-order valence-corrected chi connectivity index (χ3v) is 4.47. The van der Waals surface area contributed by atoms with Crippen LogP contribution in [-0.2, 0) is 17.6 Å². The lowest BCUT2D eigenvalue weighted by Gasteiger charge is -2.25. The van der Waals surface area contributed by atoms with E-state index in [1.165, 1.54) is 16.8 Å². The molecule has 0 spiro atoms. The number of rotatable bonds is 5. The minimum atomic E-state index is 0.0933. The van der Waals surface area contributed by atoms with Crippen molar-refractivity contribution in [1.29, 1.82) is 0 Å². The summed E-state index contributed by atoms with van der Waals surface area (Å²) in [6.45, 7) is 5.84. The zero-order chi connectivity index (χ0) is 16.2. The van der Waals surface area contributed by atoms with Crippen LogP contribution in [0.4, 0.5) is 5.69 Å². The maximum absolute atomic E-state index is 12.1. The van der Waals surface area contributed by atoms with Gasteiger partial charge in [0.05, 0.1) is 6.42 Å². The highest BCUT2D eigenvalue weighted by molar-refractivity contribution is 5.78. The summed E-state index contributed by atoms with van der Waals surface area (Å²) in [5, 5.41) is 3.05. The first-order valence-electron chi connectivity index (χ1n) is 8.30. The van der Waals surface area contributed by atoms with Gasteiger partial charge in [-0.05, 0) is 37.5 Å². The Hall–Kier alpha value is -2.29. The lowest BCUT2D eigenvalue weighted by atomic mass is 10.1. The number of benzene rings is 2. The van der Waals surface area contributed by atoms with E-state index in [-0.39, 0.29) is 5.91 Å². The smallest absolute Gasteiger partial charge is 0.224 e. The number of amides is 1. The van der Waals surface area contributed by atoms with Gasteiger partial charge in [-0.2, -0.15) is 0 Å². The molecule has 1 aliphatic heterocycles. The molecule has 0 aliphatic carbocycles. The van der Waals surface area contributed by atoms with Crippen molar-refractivity contribution in [3.05, 3.63) is 65.2 Å². The minimum Gasteiger partial charge on any atom is -0.367 e. The van der Waals surface area contributed by atoms with E-state index >= 15 is 0 Å². The molecule has 1 amide bonds. The topological polar surface area (TPSA) is 32.3 Å². The van der Waals surface area contributed by atoms with E-state index in [9.17, 15) is 4.79 Å². The fourth-order valence-corrected chi connectivity index (χ4v) is 3.36. The van der Waals surface area contributed by atoms with Gasteiger partial charge < -0.3 is 10.2 Å². The average molecular weight is 308 g/mol. The van der Waals surface area contributed by atoms with Gasteiger partial charge in [-0.15, -0.1) is 0 Å². The fourth-order valence-electron chi connectivity index (χ4n) is 3.36. The second kappa shape index (κ2) is 6.86. The number of carbonyl (C=O) groups is 1. The van der Waals surface area contributed by atoms with E-state index in [0.29, 0.717) is 19.0 Å². The van der Waals surface area contributed by atoms with Gasteiger partial charge in [0.15, 0.2) is 0 Å². The zero-order valence-corrected chi connectivity index (χ0v) is 13.9. The van der Waals surface area contributed by atoms with Gasteiger partial charge >= 0.3 is 0 Å². The van der Waals surface area contributed by atoms with Crippen LogP contribution in [0.2, 0.25) is 0 Å². The predicted octanol–water partition coefficient (Wildman–Crippen LogP) is 3.10. The van der Waals surface area contributed by atoms with Crippen molar-refractivity contribution in [2.24, 2.45) is 0 Å². The van der Waals surface area contributed by atoms with E-state index in [1.54, 1.807) is 0 Å². The number of nitrogens with one attached hydrogen (secondary N) is 1. The molecule has 1 N–H and O–H groups in total. The first-order chi connectivity index (χ1) is 11.1. The second-order valence-corrected chi connectivity index (χ2v) is 6.39. The first kappa shape index (κ1) is 15.6. The Kier molecular flexibility index (Phi) is 4.65. The molecule has 0 saturated heterocycles. The lowest BCUT2D eigenvalue weighted by Crippen LogP contribution is -2.38. The van der Waals surface area contributed by atoms with Crippen molar-refractivity contribution in [3.8, 4) is 0 Å². The van der Waals surface area contributed by atoms with Crippen LogP contribution < -0.4 is 10.2 Å². The lowest BCUT2D eigenvalue weighted by molar-refractivity contribution is -0.120. The molecule has 0 aromatic heterocycles. The van der Waals surface area contributed by atoms with Crippen LogP contribution in [0.15, 0.2) is 48.5 Å². The first-order valence-corrected chi connectivity index (χ1v) is 8.30. The van der Waals surface area contributed by atoms with Gasteiger partial charge in [0.25, 0.3) is 0 Å². The number of nitrogens with zero attached hydrogens (tertiary/aromatic N) is 1. The van der Waals surface area contributed by atoms with Crippen molar-refractivity contribution in [2.45, 2.75) is 32.7 Å². The van der Waals surface area contributed by atoms with Gasteiger partial charge in [-0.25, -0.2) is 0 Å². The molecule has 0 saturated carbocycles. The molecule has 3 heteroatoms. The highest BCUT2D eigenvalue weighted by Gasteiger charge is 2.24. The Morgan fingerprint density at radius 2 is 2.04 bits per heavy atom. The molecule has 1 aliphatic rings. The third kappa shape index (κ3) is 3.73. The molecular formula is C20H24N2O. The Bertz CT molecular complexity index is 696. The standard InChI is InChI=1S/C20H24N2O/c1-15-6-5-7-17(12-15)14-20(23)21-10-11-22-16(2)13-18-8-3-4-9-19(18)22/h3-9,12,16H,10-11,13-14H2,1-2H3,(H,21,23). The summed E-state index contributed by atoms with van der Waals surface area (Å²) in [7, 11) is 0. The van der Waals surface area contributed by atoms with Gasteiger partial charge in [0.2, 0.25) is 5.91 Å². The normalized spacial score (nSPS) is 16.3. The van der Waals surface area contributed by atoms with E-state index < -0.39 is 0 Å². The fraction of sp³-hybridized carbons (Fsp3) is 0.350. The van der Waals surface area contributed by atoms with E-state index in [1.807, 2.05) is 25.1 Å². The summed E-state index contributed by atoms with van der Waals surface area (Å²) in [5.41, 5.74) is 4.99. The van der Waals surface area contributed by atoms with E-state index in [2.05, 4.69) is 47.5 Å². The molecule has 2 aromatic rings. The van der Waals surface area contributed by atoms with Crippen LogP contribution in [0.1, 0.15) is 23.6 Å². The molecule has 1 unspecified atom stereocenters. The molecule has 120 valence electrons. The Balaban J connectivity index is 1.51. The quantitative estimate of drug-likeness (QED) is 0.920. The van der Waals surface area contributed by atoms with Crippen molar-refractivity contribution < 1.29 is 4.79 Å². The predicted molar refractivity (Wildman–Crippen MR) is 94.8 cm³/mol. The highest BCUT2D eigenvalue weighted by Crippen LogP contribution is 2.31. The average Bonchev–Trinajstić information content (AvgIpc) is 2.83. The van der Waals surface area contributed by atoms with Crippen LogP contribution in [0.25, 0.3) is 0 Å².